The van der Waals surface area contributed by atoms with Crippen molar-refractivity contribution in [2.24, 2.45) is 11.3 Å². The Kier molecular flexibility index (Phi) is 5.44. The highest BCUT2D eigenvalue weighted by Crippen LogP contribution is 2.39. The van der Waals surface area contributed by atoms with E-state index in [4.69, 9.17) is 10.6 Å². The molecule has 112 valence electrons. The summed E-state index contributed by atoms with van der Waals surface area (Å²) in [6.45, 7) is 2.39. The average Bonchev–Trinajstić information content (AvgIpc) is 2.49. The summed E-state index contributed by atoms with van der Waals surface area (Å²) in [6, 6.07) is 8.76. The van der Waals surface area contributed by atoms with Gasteiger partial charge in [-0.1, -0.05) is 38.3 Å². The second kappa shape index (κ2) is 7.09. The molecular formula is C17H28N2O. The largest absolute Gasteiger partial charge is 0.497 e. The summed E-state index contributed by atoms with van der Waals surface area (Å²) in [5, 5.41) is 0. The third-order valence-corrected chi connectivity index (χ3v) is 4.92. The van der Waals surface area contributed by atoms with Crippen molar-refractivity contribution in [2.45, 2.75) is 57.9 Å². The lowest BCUT2D eigenvalue weighted by Gasteiger charge is -2.40. The minimum Gasteiger partial charge on any atom is -0.497 e. The zero-order chi connectivity index (χ0) is 14.4. The number of aryl methyl sites for hydroxylation is 1. The molecule has 0 heterocycles. The first-order chi connectivity index (χ1) is 9.68. The molecule has 1 fully saturated rings. The van der Waals surface area contributed by atoms with Crippen LogP contribution in [0.15, 0.2) is 24.3 Å². The van der Waals surface area contributed by atoms with E-state index in [1.54, 1.807) is 7.11 Å². The number of rotatable bonds is 6. The first kappa shape index (κ1) is 15.3. The third-order valence-electron chi connectivity index (χ3n) is 4.92. The Bertz CT molecular complexity index is 396. The van der Waals surface area contributed by atoms with Crippen molar-refractivity contribution < 1.29 is 4.74 Å². The Morgan fingerprint density at radius 3 is 2.40 bits per heavy atom. The average molecular weight is 276 g/mol. The van der Waals surface area contributed by atoms with Crippen LogP contribution in [0.25, 0.3) is 0 Å². The van der Waals surface area contributed by atoms with Crippen LogP contribution in [0, 0.1) is 5.41 Å². The number of hydrogen-bond acceptors (Lipinski definition) is 3. The van der Waals surface area contributed by atoms with Gasteiger partial charge in [-0.3, -0.25) is 11.3 Å². The predicted octanol–water partition coefficient (Wildman–Crippen LogP) is 3.43. The molecule has 1 aromatic carbocycles. The number of benzene rings is 1. The molecule has 0 radical (unpaired) electrons. The molecule has 3 nitrogen and oxygen atoms in total. The van der Waals surface area contributed by atoms with E-state index < -0.39 is 0 Å². The number of nitrogens with two attached hydrogens (primary N) is 1. The van der Waals surface area contributed by atoms with Crippen LogP contribution < -0.4 is 16.0 Å². The molecule has 0 aliphatic heterocycles. The smallest absolute Gasteiger partial charge is 0.118 e. The maximum Gasteiger partial charge on any atom is 0.118 e. The summed E-state index contributed by atoms with van der Waals surface area (Å²) < 4.78 is 5.19. The van der Waals surface area contributed by atoms with E-state index in [-0.39, 0.29) is 0 Å². The van der Waals surface area contributed by atoms with Crippen LogP contribution in [-0.4, -0.2) is 13.2 Å². The normalized spacial score (nSPS) is 19.6. The van der Waals surface area contributed by atoms with Gasteiger partial charge in [0.15, 0.2) is 0 Å². The Balaban J connectivity index is 1.92. The number of hydrazine groups is 1. The van der Waals surface area contributed by atoms with Crippen molar-refractivity contribution in [3.8, 4) is 5.75 Å². The molecule has 1 saturated carbocycles. The second-order valence-corrected chi connectivity index (χ2v) is 6.32. The van der Waals surface area contributed by atoms with Gasteiger partial charge in [-0.2, -0.15) is 0 Å². The molecule has 0 aromatic heterocycles. The van der Waals surface area contributed by atoms with Crippen LogP contribution >= 0.6 is 0 Å². The molecule has 1 aromatic rings. The predicted molar refractivity (Wildman–Crippen MR) is 83.6 cm³/mol. The summed E-state index contributed by atoms with van der Waals surface area (Å²) in [5.41, 5.74) is 4.79. The summed E-state index contributed by atoms with van der Waals surface area (Å²) in [4.78, 5) is 0. The standard InChI is InChI=1S/C17H28N2O/c1-17(12-4-3-5-13-17)16(19-18)11-8-14-6-9-15(20-2)10-7-14/h6-7,9-10,16,19H,3-5,8,11-13,18H2,1-2H3. The number of hydrogen-bond donors (Lipinski definition) is 2. The molecular weight excluding hydrogens is 248 g/mol. The van der Waals surface area contributed by atoms with Crippen LogP contribution in [0.5, 0.6) is 5.75 Å². The van der Waals surface area contributed by atoms with Gasteiger partial charge in [0, 0.05) is 6.04 Å². The van der Waals surface area contributed by atoms with Crippen molar-refractivity contribution >= 4 is 0 Å². The highest BCUT2D eigenvalue weighted by Gasteiger charge is 2.34. The fraction of sp³-hybridized carbons (Fsp3) is 0.647. The molecule has 1 aliphatic carbocycles. The quantitative estimate of drug-likeness (QED) is 0.618. The highest BCUT2D eigenvalue weighted by atomic mass is 16.5. The Labute approximate surface area is 122 Å². The Morgan fingerprint density at radius 2 is 1.85 bits per heavy atom. The van der Waals surface area contributed by atoms with E-state index >= 15 is 0 Å². The van der Waals surface area contributed by atoms with E-state index in [0.717, 1.165) is 18.6 Å². The molecule has 0 bridgehead atoms. The van der Waals surface area contributed by atoms with Gasteiger partial charge in [-0.25, -0.2) is 0 Å². The molecule has 3 heteroatoms. The zero-order valence-electron chi connectivity index (χ0n) is 12.8. The van der Waals surface area contributed by atoms with Gasteiger partial charge in [-0.15, -0.1) is 0 Å². The van der Waals surface area contributed by atoms with Gasteiger partial charge in [0.05, 0.1) is 7.11 Å². The molecule has 2 rings (SSSR count). The van der Waals surface area contributed by atoms with Crippen molar-refractivity contribution in [2.75, 3.05) is 7.11 Å². The molecule has 1 unspecified atom stereocenters. The Hall–Kier alpha value is -1.06. The van der Waals surface area contributed by atoms with Crippen LogP contribution in [0.1, 0.15) is 51.0 Å². The maximum absolute atomic E-state index is 5.83. The van der Waals surface area contributed by atoms with Crippen molar-refractivity contribution in [1.82, 2.24) is 5.43 Å². The van der Waals surface area contributed by atoms with Gasteiger partial charge in [0.2, 0.25) is 0 Å². The molecule has 0 spiro atoms. The third kappa shape index (κ3) is 3.74. The first-order valence-corrected chi connectivity index (χ1v) is 7.77. The monoisotopic (exact) mass is 276 g/mol. The van der Waals surface area contributed by atoms with Gasteiger partial charge in [0.1, 0.15) is 5.75 Å². The van der Waals surface area contributed by atoms with Crippen molar-refractivity contribution in [1.29, 1.82) is 0 Å². The second-order valence-electron chi connectivity index (χ2n) is 6.32. The van der Waals surface area contributed by atoms with Gasteiger partial charge < -0.3 is 4.74 Å². The lowest BCUT2D eigenvalue weighted by molar-refractivity contribution is 0.138. The topological polar surface area (TPSA) is 47.3 Å². The summed E-state index contributed by atoms with van der Waals surface area (Å²) >= 11 is 0. The fourth-order valence-corrected chi connectivity index (χ4v) is 3.44. The molecule has 0 amide bonds. The molecule has 3 N–H and O–H groups in total. The fourth-order valence-electron chi connectivity index (χ4n) is 3.44. The van der Waals surface area contributed by atoms with Crippen LogP contribution in [0.2, 0.25) is 0 Å². The zero-order valence-corrected chi connectivity index (χ0v) is 12.8. The highest BCUT2D eigenvalue weighted by molar-refractivity contribution is 5.27. The first-order valence-electron chi connectivity index (χ1n) is 7.77. The van der Waals surface area contributed by atoms with Crippen LogP contribution in [0.3, 0.4) is 0 Å². The van der Waals surface area contributed by atoms with E-state index in [9.17, 15) is 0 Å². The summed E-state index contributed by atoms with van der Waals surface area (Å²) in [5.74, 6) is 6.75. The number of ether oxygens (including phenoxy) is 1. The van der Waals surface area contributed by atoms with Crippen LogP contribution in [-0.2, 0) is 6.42 Å². The minimum absolute atomic E-state index is 0.361. The van der Waals surface area contributed by atoms with Crippen molar-refractivity contribution in [3.63, 3.8) is 0 Å². The SMILES string of the molecule is COc1ccc(CCC(NN)C2(C)CCCCC2)cc1. The maximum atomic E-state index is 5.83. The summed E-state index contributed by atoms with van der Waals surface area (Å²) in [7, 11) is 1.70. The van der Waals surface area contributed by atoms with Crippen LogP contribution in [0.4, 0.5) is 0 Å². The van der Waals surface area contributed by atoms with E-state index in [1.807, 2.05) is 12.1 Å². The molecule has 1 aliphatic rings. The van der Waals surface area contributed by atoms with Gasteiger partial charge in [-0.05, 0) is 48.8 Å². The van der Waals surface area contributed by atoms with E-state index in [2.05, 4.69) is 24.5 Å². The Morgan fingerprint density at radius 1 is 1.20 bits per heavy atom. The molecule has 1 atom stereocenters. The number of methoxy groups -OCH3 is 1. The van der Waals surface area contributed by atoms with E-state index in [0.29, 0.717) is 11.5 Å². The summed E-state index contributed by atoms with van der Waals surface area (Å²) in [6.07, 6.45) is 8.82. The van der Waals surface area contributed by atoms with E-state index in [1.165, 1.54) is 37.7 Å². The molecule has 20 heavy (non-hydrogen) atoms. The lowest BCUT2D eigenvalue weighted by Crippen LogP contribution is -2.48. The number of nitrogens with one attached hydrogen (secondary N) is 1. The minimum atomic E-state index is 0.361. The molecule has 0 saturated heterocycles. The van der Waals surface area contributed by atoms with Gasteiger partial charge >= 0.3 is 0 Å². The van der Waals surface area contributed by atoms with Crippen molar-refractivity contribution in [3.05, 3.63) is 29.8 Å². The van der Waals surface area contributed by atoms with Gasteiger partial charge in [0.25, 0.3) is 0 Å². The lowest BCUT2D eigenvalue weighted by atomic mass is 9.69.